The van der Waals surface area contributed by atoms with Crippen LogP contribution in [0.25, 0.3) is 0 Å². The van der Waals surface area contributed by atoms with Crippen molar-refractivity contribution in [3.05, 3.63) is 0 Å². The molecule has 1 aliphatic heterocycles. The third kappa shape index (κ3) is 5.00. The van der Waals surface area contributed by atoms with E-state index >= 15 is 0 Å². The molecule has 0 radical (unpaired) electrons. The fourth-order valence-electron chi connectivity index (χ4n) is 2.53. The molecule has 0 aromatic rings. The van der Waals surface area contributed by atoms with Gasteiger partial charge in [0.05, 0.1) is 12.0 Å². The van der Waals surface area contributed by atoms with Crippen LogP contribution in [0.15, 0.2) is 0 Å². The number of carbonyl (C=O) groups excluding carboxylic acids is 1. The van der Waals surface area contributed by atoms with Gasteiger partial charge in [-0.15, -0.1) is 0 Å². The number of carboxylic acids is 1. The van der Waals surface area contributed by atoms with Crippen LogP contribution in [0.1, 0.15) is 33.6 Å². The molecule has 2 amide bonds. The van der Waals surface area contributed by atoms with E-state index in [2.05, 4.69) is 5.32 Å². The summed E-state index contributed by atoms with van der Waals surface area (Å²) in [6.07, 6.45) is 0.922. The molecule has 0 spiro atoms. The number of hydrogen-bond acceptors (Lipinski definition) is 3. The summed E-state index contributed by atoms with van der Waals surface area (Å²) in [5.74, 6) is -1.03. The van der Waals surface area contributed by atoms with Crippen LogP contribution in [0.4, 0.5) is 4.79 Å². The summed E-state index contributed by atoms with van der Waals surface area (Å²) in [7, 11) is 0. The van der Waals surface area contributed by atoms with Crippen LogP contribution in [-0.2, 0) is 4.79 Å². The molecule has 0 saturated carbocycles. The number of aliphatic hydroxyl groups excluding tert-OH is 1. The van der Waals surface area contributed by atoms with Crippen molar-refractivity contribution in [1.82, 2.24) is 10.2 Å². The van der Waals surface area contributed by atoms with Gasteiger partial charge in [-0.2, -0.15) is 0 Å². The van der Waals surface area contributed by atoms with Crippen molar-refractivity contribution in [3.63, 3.8) is 0 Å². The molecule has 0 aromatic heterocycles. The van der Waals surface area contributed by atoms with Crippen molar-refractivity contribution in [1.29, 1.82) is 0 Å². The summed E-state index contributed by atoms with van der Waals surface area (Å²) < 4.78 is 0. The first-order chi connectivity index (χ1) is 9.31. The average Bonchev–Trinajstić information content (AvgIpc) is 2.82. The van der Waals surface area contributed by atoms with Gasteiger partial charge in [-0.1, -0.05) is 13.8 Å². The van der Waals surface area contributed by atoms with Crippen LogP contribution >= 0.6 is 0 Å². The second-order valence-electron chi connectivity index (χ2n) is 6.09. The first-order valence-electron chi connectivity index (χ1n) is 7.24. The Morgan fingerprint density at radius 2 is 2.00 bits per heavy atom. The second kappa shape index (κ2) is 7.47. The molecule has 116 valence electrons. The molecule has 1 heterocycles. The molecule has 0 bridgehead atoms. The Morgan fingerprint density at radius 3 is 2.45 bits per heavy atom. The molecule has 1 rings (SSSR count). The van der Waals surface area contributed by atoms with E-state index in [9.17, 15) is 14.7 Å². The number of rotatable bonds is 6. The number of nitrogens with zero attached hydrogens (tertiary/aromatic N) is 1. The highest BCUT2D eigenvalue weighted by atomic mass is 16.4. The number of aliphatic carboxylic acids is 1. The Bertz CT molecular complexity index is 344. The molecule has 1 saturated heterocycles. The third-order valence-electron chi connectivity index (χ3n) is 3.80. The Labute approximate surface area is 120 Å². The van der Waals surface area contributed by atoms with Gasteiger partial charge in [-0.25, -0.2) is 4.79 Å². The number of aliphatic hydroxyl groups is 1. The Morgan fingerprint density at radius 1 is 1.35 bits per heavy atom. The summed E-state index contributed by atoms with van der Waals surface area (Å²) in [5.41, 5.74) is 0. The number of hydrogen-bond donors (Lipinski definition) is 3. The summed E-state index contributed by atoms with van der Waals surface area (Å²) in [6.45, 7) is 6.96. The van der Waals surface area contributed by atoms with Crippen LogP contribution in [0, 0.1) is 17.8 Å². The van der Waals surface area contributed by atoms with Gasteiger partial charge >= 0.3 is 12.0 Å². The number of urea groups is 1. The molecule has 3 atom stereocenters. The van der Waals surface area contributed by atoms with E-state index in [1.165, 1.54) is 0 Å². The lowest BCUT2D eigenvalue weighted by Crippen LogP contribution is -2.42. The molecule has 1 fully saturated rings. The zero-order valence-corrected chi connectivity index (χ0v) is 12.5. The fourth-order valence-corrected chi connectivity index (χ4v) is 2.53. The lowest BCUT2D eigenvalue weighted by atomic mass is 9.97. The minimum Gasteiger partial charge on any atom is -0.481 e. The molecule has 20 heavy (non-hydrogen) atoms. The maximum absolute atomic E-state index is 12.0. The highest BCUT2D eigenvalue weighted by molar-refractivity contribution is 5.76. The number of nitrogens with one attached hydrogen (secondary N) is 1. The maximum Gasteiger partial charge on any atom is 0.317 e. The molecule has 1 aliphatic rings. The topological polar surface area (TPSA) is 89.9 Å². The van der Waals surface area contributed by atoms with Crippen LogP contribution in [0.5, 0.6) is 0 Å². The number of carboxylic acid groups (broad SMARTS) is 1. The predicted molar refractivity (Wildman–Crippen MR) is 75.3 cm³/mol. The summed E-state index contributed by atoms with van der Waals surface area (Å²) in [6, 6.07) is -0.233. The summed E-state index contributed by atoms with van der Waals surface area (Å²) >= 11 is 0. The molecule has 0 aliphatic carbocycles. The van der Waals surface area contributed by atoms with Gasteiger partial charge in [0.25, 0.3) is 0 Å². The normalized spacial score (nSPS) is 21.9. The van der Waals surface area contributed by atoms with E-state index < -0.39 is 18.0 Å². The van der Waals surface area contributed by atoms with Crippen molar-refractivity contribution in [2.24, 2.45) is 17.8 Å². The first-order valence-corrected chi connectivity index (χ1v) is 7.24. The minimum absolute atomic E-state index is 0.117. The van der Waals surface area contributed by atoms with E-state index in [1.807, 2.05) is 13.8 Å². The van der Waals surface area contributed by atoms with E-state index in [0.29, 0.717) is 19.5 Å². The fraction of sp³-hybridized carbons (Fsp3) is 0.857. The average molecular weight is 286 g/mol. The van der Waals surface area contributed by atoms with Gasteiger partial charge in [0.15, 0.2) is 0 Å². The third-order valence-corrected chi connectivity index (χ3v) is 3.80. The summed E-state index contributed by atoms with van der Waals surface area (Å²) in [5, 5.41) is 21.3. The lowest BCUT2D eigenvalue weighted by Gasteiger charge is -2.20. The SMILES string of the molecule is CC(C)CC(CNC(=O)N1CCC(C(C)O)C1)C(=O)O. The zero-order chi connectivity index (χ0) is 15.3. The molecular weight excluding hydrogens is 260 g/mol. The van der Waals surface area contributed by atoms with E-state index in [-0.39, 0.29) is 24.4 Å². The highest BCUT2D eigenvalue weighted by Gasteiger charge is 2.29. The monoisotopic (exact) mass is 286 g/mol. The molecule has 3 N–H and O–H groups in total. The molecular formula is C14H26N2O4. The van der Waals surface area contributed by atoms with Crippen molar-refractivity contribution in [2.45, 2.75) is 39.7 Å². The maximum atomic E-state index is 12.0. The van der Waals surface area contributed by atoms with Gasteiger partial charge in [-0.3, -0.25) is 4.79 Å². The van der Waals surface area contributed by atoms with Crippen LogP contribution in [0.3, 0.4) is 0 Å². The number of carbonyl (C=O) groups is 2. The van der Waals surface area contributed by atoms with Gasteiger partial charge in [0, 0.05) is 25.6 Å². The number of likely N-dealkylation sites (tertiary alicyclic amines) is 1. The van der Waals surface area contributed by atoms with Gasteiger partial charge in [0.2, 0.25) is 0 Å². The molecule has 6 heteroatoms. The van der Waals surface area contributed by atoms with E-state index in [4.69, 9.17) is 5.11 Å². The van der Waals surface area contributed by atoms with Crippen molar-refractivity contribution < 1.29 is 19.8 Å². The molecule has 3 unspecified atom stereocenters. The van der Waals surface area contributed by atoms with Crippen molar-refractivity contribution in [3.8, 4) is 0 Å². The molecule has 0 aromatic carbocycles. The quantitative estimate of drug-likeness (QED) is 0.683. The minimum atomic E-state index is -0.873. The van der Waals surface area contributed by atoms with E-state index in [0.717, 1.165) is 6.42 Å². The Hall–Kier alpha value is -1.30. The van der Waals surface area contributed by atoms with Crippen molar-refractivity contribution >= 4 is 12.0 Å². The smallest absolute Gasteiger partial charge is 0.317 e. The van der Waals surface area contributed by atoms with Gasteiger partial charge in [0.1, 0.15) is 0 Å². The van der Waals surface area contributed by atoms with Crippen molar-refractivity contribution in [2.75, 3.05) is 19.6 Å². The van der Waals surface area contributed by atoms with Crippen LogP contribution in [-0.4, -0.2) is 52.9 Å². The first kappa shape index (κ1) is 16.8. The largest absolute Gasteiger partial charge is 0.481 e. The standard InChI is InChI=1S/C14H26N2O4/c1-9(2)6-12(13(18)19)7-15-14(20)16-5-4-11(8-16)10(3)17/h9-12,17H,4-8H2,1-3H3,(H,15,20)(H,18,19). The Balaban J connectivity index is 2.40. The lowest BCUT2D eigenvalue weighted by molar-refractivity contribution is -0.142. The number of amides is 2. The van der Waals surface area contributed by atoms with Crippen LogP contribution < -0.4 is 5.32 Å². The van der Waals surface area contributed by atoms with E-state index in [1.54, 1.807) is 11.8 Å². The molecule has 6 nitrogen and oxygen atoms in total. The predicted octanol–water partition coefficient (Wildman–Crippen LogP) is 1.15. The van der Waals surface area contributed by atoms with Crippen LogP contribution in [0.2, 0.25) is 0 Å². The highest BCUT2D eigenvalue weighted by Crippen LogP contribution is 2.19. The zero-order valence-electron chi connectivity index (χ0n) is 12.5. The Kier molecular flexibility index (Phi) is 6.26. The second-order valence-corrected chi connectivity index (χ2v) is 6.09. The van der Waals surface area contributed by atoms with Gasteiger partial charge < -0.3 is 20.4 Å². The summed E-state index contributed by atoms with van der Waals surface area (Å²) in [4.78, 5) is 24.7. The van der Waals surface area contributed by atoms with Gasteiger partial charge in [-0.05, 0) is 25.7 Å².